The third kappa shape index (κ3) is 5.73. The van der Waals surface area contributed by atoms with Crippen molar-refractivity contribution in [3.8, 4) is 11.8 Å². The van der Waals surface area contributed by atoms with Crippen molar-refractivity contribution in [2.45, 2.75) is 51.1 Å². The molecule has 2 aromatic rings. The zero-order chi connectivity index (χ0) is 20.9. The van der Waals surface area contributed by atoms with E-state index in [1.54, 1.807) is 6.08 Å². The summed E-state index contributed by atoms with van der Waals surface area (Å²) in [6, 6.07) is 11.7. The highest BCUT2D eigenvalue weighted by molar-refractivity contribution is 5.40. The highest BCUT2D eigenvalue weighted by atomic mass is 19.4. The Balaban J connectivity index is 1.53. The van der Waals surface area contributed by atoms with E-state index in [1.165, 1.54) is 17.2 Å². The Morgan fingerprint density at radius 1 is 1.00 bits per heavy atom. The van der Waals surface area contributed by atoms with Gasteiger partial charge in [-0.25, -0.2) is 4.39 Å². The number of aryl methyl sites for hydroxylation is 1. The molecule has 2 aromatic carbocycles. The molecule has 1 saturated carbocycles. The first-order valence-corrected chi connectivity index (χ1v) is 10.0. The summed E-state index contributed by atoms with van der Waals surface area (Å²) in [5, 5.41) is 0. The first kappa shape index (κ1) is 21.2. The Kier molecular flexibility index (Phi) is 6.79. The van der Waals surface area contributed by atoms with Crippen LogP contribution in [-0.2, 0) is 12.6 Å². The predicted octanol–water partition coefficient (Wildman–Crippen LogP) is 7.29. The molecule has 0 bridgehead atoms. The number of hydrogen-bond donors (Lipinski definition) is 0. The van der Waals surface area contributed by atoms with E-state index in [4.69, 9.17) is 0 Å². The minimum Gasteiger partial charge on any atom is -0.206 e. The second-order valence-corrected chi connectivity index (χ2v) is 7.53. The van der Waals surface area contributed by atoms with Gasteiger partial charge in [0, 0.05) is 5.56 Å². The summed E-state index contributed by atoms with van der Waals surface area (Å²) in [6.07, 6.45) is 4.61. The molecule has 0 heterocycles. The zero-order valence-electron chi connectivity index (χ0n) is 16.4. The van der Waals surface area contributed by atoms with Crippen LogP contribution in [0.15, 0.2) is 54.6 Å². The lowest BCUT2D eigenvalue weighted by Gasteiger charge is -2.27. The maximum atomic E-state index is 13.6. The minimum absolute atomic E-state index is 0.236. The molecule has 0 unspecified atom stereocenters. The van der Waals surface area contributed by atoms with Crippen molar-refractivity contribution >= 4 is 0 Å². The highest BCUT2D eigenvalue weighted by Gasteiger charge is 2.33. The molecule has 152 valence electrons. The number of rotatable bonds is 3. The Hall–Kier alpha value is -2.54. The molecule has 0 aliphatic heterocycles. The molecule has 1 aliphatic rings. The smallest absolute Gasteiger partial charge is 0.206 e. The van der Waals surface area contributed by atoms with Gasteiger partial charge in [-0.15, -0.1) is 0 Å². The van der Waals surface area contributed by atoms with Crippen molar-refractivity contribution in [1.29, 1.82) is 0 Å². The number of allylic oxidation sites excluding steroid dienone is 2. The Labute approximate surface area is 169 Å². The van der Waals surface area contributed by atoms with Crippen LogP contribution in [0.25, 0.3) is 0 Å². The fourth-order valence-corrected chi connectivity index (χ4v) is 3.80. The van der Waals surface area contributed by atoms with Gasteiger partial charge in [-0.05, 0) is 79.3 Å². The van der Waals surface area contributed by atoms with E-state index in [1.807, 2.05) is 0 Å². The molecule has 29 heavy (non-hydrogen) atoms. The van der Waals surface area contributed by atoms with Gasteiger partial charge in [-0.2, -0.15) is 13.2 Å². The van der Waals surface area contributed by atoms with Gasteiger partial charge in [0.15, 0.2) is 0 Å². The maximum Gasteiger partial charge on any atom is 0.419 e. The molecule has 0 radical (unpaired) electrons. The van der Waals surface area contributed by atoms with Crippen molar-refractivity contribution in [3.63, 3.8) is 0 Å². The molecule has 0 spiro atoms. The van der Waals surface area contributed by atoms with Crippen LogP contribution in [0, 0.1) is 23.6 Å². The molecule has 0 N–H and O–H groups in total. The predicted molar refractivity (Wildman–Crippen MR) is 108 cm³/mol. The van der Waals surface area contributed by atoms with Crippen LogP contribution in [0.5, 0.6) is 0 Å². The second kappa shape index (κ2) is 9.31. The molecule has 0 amide bonds. The Bertz CT molecular complexity index is 903. The van der Waals surface area contributed by atoms with E-state index in [-0.39, 0.29) is 5.56 Å². The largest absolute Gasteiger partial charge is 0.419 e. The van der Waals surface area contributed by atoms with Crippen LogP contribution >= 0.6 is 0 Å². The molecule has 0 aromatic heterocycles. The van der Waals surface area contributed by atoms with Crippen molar-refractivity contribution in [2.75, 3.05) is 0 Å². The van der Waals surface area contributed by atoms with Gasteiger partial charge in [-0.3, -0.25) is 0 Å². The van der Waals surface area contributed by atoms with E-state index in [0.717, 1.165) is 44.2 Å². The minimum atomic E-state index is -4.69. The molecule has 3 rings (SSSR count). The van der Waals surface area contributed by atoms with Gasteiger partial charge in [0.25, 0.3) is 0 Å². The van der Waals surface area contributed by atoms with E-state index < -0.39 is 17.6 Å². The monoisotopic (exact) mass is 400 g/mol. The van der Waals surface area contributed by atoms with Gasteiger partial charge in [0.05, 0.1) is 5.56 Å². The molecule has 0 saturated heterocycles. The van der Waals surface area contributed by atoms with Crippen molar-refractivity contribution in [3.05, 3.63) is 82.7 Å². The molecular formula is C25H24F4. The molecule has 0 atom stereocenters. The highest BCUT2D eigenvalue weighted by Crippen LogP contribution is 2.36. The molecular weight excluding hydrogens is 376 g/mol. The van der Waals surface area contributed by atoms with Gasteiger partial charge in [0.2, 0.25) is 0 Å². The van der Waals surface area contributed by atoms with E-state index in [2.05, 4.69) is 49.1 Å². The lowest BCUT2D eigenvalue weighted by Crippen LogP contribution is -2.11. The lowest BCUT2D eigenvalue weighted by atomic mass is 9.78. The van der Waals surface area contributed by atoms with E-state index in [0.29, 0.717) is 11.8 Å². The average Bonchev–Trinajstić information content (AvgIpc) is 2.71. The van der Waals surface area contributed by atoms with Gasteiger partial charge >= 0.3 is 6.18 Å². The van der Waals surface area contributed by atoms with Crippen LogP contribution in [0.3, 0.4) is 0 Å². The van der Waals surface area contributed by atoms with Crippen LogP contribution in [0.1, 0.15) is 60.8 Å². The number of halogens is 4. The van der Waals surface area contributed by atoms with Crippen molar-refractivity contribution in [2.24, 2.45) is 5.92 Å². The first-order valence-electron chi connectivity index (χ1n) is 10.0. The number of benzene rings is 2. The molecule has 1 fully saturated rings. The number of hydrogen-bond acceptors (Lipinski definition) is 0. The molecule has 0 nitrogen and oxygen atoms in total. The van der Waals surface area contributed by atoms with Crippen molar-refractivity contribution < 1.29 is 17.6 Å². The van der Waals surface area contributed by atoms with Gasteiger partial charge in [-0.1, -0.05) is 49.1 Å². The third-order valence-electron chi connectivity index (χ3n) is 5.57. The van der Waals surface area contributed by atoms with E-state index >= 15 is 0 Å². The van der Waals surface area contributed by atoms with Crippen LogP contribution in [-0.4, -0.2) is 0 Å². The Morgan fingerprint density at radius 3 is 2.28 bits per heavy atom. The average molecular weight is 400 g/mol. The van der Waals surface area contributed by atoms with E-state index in [9.17, 15) is 17.6 Å². The lowest BCUT2D eigenvalue weighted by molar-refractivity contribution is -0.140. The molecule has 4 heteroatoms. The summed E-state index contributed by atoms with van der Waals surface area (Å²) in [6.45, 7) is 2.16. The SMILES string of the molecule is CCc1ccc(C2CCC(/C=C/C#Cc3ccc(C(F)(F)F)c(F)c3)CC2)cc1. The second-order valence-electron chi connectivity index (χ2n) is 7.53. The summed E-state index contributed by atoms with van der Waals surface area (Å²) in [4.78, 5) is 0. The van der Waals surface area contributed by atoms with Crippen LogP contribution in [0.2, 0.25) is 0 Å². The topological polar surface area (TPSA) is 0 Å². The van der Waals surface area contributed by atoms with Gasteiger partial charge in [0.1, 0.15) is 5.82 Å². The van der Waals surface area contributed by atoms with Crippen LogP contribution < -0.4 is 0 Å². The van der Waals surface area contributed by atoms with Crippen molar-refractivity contribution in [1.82, 2.24) is 0 Å². The summed E-state index contributed by atoms with van der Waals surface area (Å²) in [7, 11) is 0. The molecule has 1 aliphatic carbocycles. The summed E-state index contributed by atoms with van der Waals surface area (Å²) < 4.78 is 51.3. The fourth-order valence-electron chi connectivity index (χ4n) is 3.80. The third-order valence-corrected chi connectivity index (χ3v) is 5.57. The first-order chi connectivity index (χ1) is 13.9. The summed E-state index contributed by atoms with van der Waals surface area (Å²) >= 11 is 0. The van der Waals surface area contributed by atoms with Gasteiger partial charge < -0.3 is 0 Å². The standard InChI is InChI=1S/C25H24F4/c1-2-18-7-12-21(13-8-18)22-14-9-19(10-15-22)5-3-4-6-20-11-16-23(24(26)17-20)25(27,28)29/h3,5,7-8,11-13,16-17,19,22H,2,9-10,14-15H2,1H3/b5-3+. The summed E-state index contributed by atoms with van der Waals surface area (Å²) in [5.41, 5.74) is 1.74. The zero-order valence-corrected chi connectivity index (χ0v) is 16.4. The number of alkyl halides is 3. The maximum absolute atomic E-state index is 13.6. The van der Waals surface area contributed by atoms with Crippen LogP contribution in [0.4, 0.5) is 17.6 Å². The quantitative estimate of drug-likeness (QED) is 0.375. The fraction of sp³-hybridized carbons (Fsp3) is 0.360. The normalized spacial score (nSPS) is 19.8. The summed E-state index contributed by atoms with van der Waals surface area (Å²) in [5.74, 6) is 5.29. The Morgan fingerprint density at radius 2 is 1.69 bits per heavy atom.